The van der Waals surface area contributed by atoms with Crippen LogP contribution in [-0.4, -0.2) is 24.8 Å². The largest absolute Gasteiger partial charge is 0.460 e. The molecule has 1 aliphatic rings. The van der Waals surface area contributed by atoms with Crippen LogP contribution in [-0.2, 0) is 20.7 Å². The van der Waals surface area contributed by atoms with E-state index in [0.717, 1.165) is 43.2 Å². The summed E-state index contributed by atoms with van der Waals surface area (Å²) in [7, 11) is 0. The van der Waals surface area contributed by atoms with E-state index in [2.05, 4.69) is 18.2 Å². The van der Waals surface area contributed by atoms with Crippen LogP contribution in [0.1, 0.15) is 43.2 Å². The maximum absolute atomic E-state index is 12.3. The third-order valence-corrected chi connectivity index (χ3v) is 4.90. The number of aryl methyl sites for hydroxylation is 1. The third kappa shape index (κ3) is 6.69. The number of hydrogen-bond donors (Lipinski definition) is 0. The molecule has 2 aromatic carbocycles. The number of carbonyl (C=O) groups is 1. The lowest BCUT2D eigenvalue weighted by atomic mass is 9.94. The summed E-state index contributed by atoms with van der Waals surface area (Å²) in [6, 6.07) is 20.2. The second kappa shape index (κ2) is 10.7. The first-order valence-corrected chi connectivity index (χ1v) is 9.88. The molecule has 1 aliphatic carbocycles. The van der Waals surface area contributed by atoms with E-state index in [-0.39, 0.29) is 18.2 Å². The van der Waals surface area contributed by atoms with Crippen LogP contribution < -0.4 is 0 Å². The number of esters is 1. The fraction of sp³-hybridized carbons (Fsp3) is 0.375. The highest BCUT2D eigenvalue weighted by molar-refractivity contribution is 5.70. The number of ether oxygens (including phenoxy) is 2. The van der Waals surface area contributed by atoms with Crippen molar-refractivity contribution < 1.29 is 14.3 Å². The molecule has 0 spiro atoms. The lowest BCUT2D eigenvalue weighted by Gasteiger charge is -2.30. The standard InChI is InChI=1S/C24H28O3/c25-24(18-17-21-12-5-2-6-13-21)27-23-16-8-7-15-22(23)26-19-9-14-20-10-3-1-4-11-20/h1-6,9-14,22-23H,7-8,15-19H2/b14-9+/t22-,23-/m0/s1. The van der Waals surface area contributed by atoms with Gasteiger partial charge in [-0.25, -0.2) is 0 Å². The van der Waals surface area contributed by atoms with Crippen molar-refractivity contribution in [2.45, 2.75) is 50.7 Å². The second-order valence-electron chi connectivity index (χ2n) is 6.98. The molecule has 1 fully saturated rings. The monoisotopic (exact) mass is 364 g/mol. The van der Waals surface area contributed by atoms with Gasteiger partial charge in [-0.2, -0.15) is 0 Å². The zero-order valence-corrected chi connectivity index (χ0v) is 15.8. The molecule has 0 amide bonds. The minimum Gasteiger partial charge on any atom is -0.460 e. The Morgan fingerprint density at radius 1 is 0.926 bits per heavy atom. The molecule has 0 bridgehead atoms. The maximum atomic E-state index is 12.3. The molecule has 0 unspecified atom stereocenters. The molecule has 0 N–H and O–H groups in total. The minimum atomic E-state index is -0.126. The average Bonchev–Trinajstić information content (AvgIpc) is 2.72. The maximum Gasteiger partial charge on any atom is 0.306 e. The van der Waals surface area contributed by atoms with Gasteiger partial charge in [0.25, 0.3) is 0 Å². The Hall–Kier alpha value is -2.39. The highest BCUT2D eigenvalue weighted by atomic mass is 16.6. The lowest BCUT2D eigenvalue weighted by Crippen LogP contribution is -2.36. The van der Waals surface area contributed by atoms with E-state index in [1.54, 1.807) is 0 Å². The number of rotatable bonds is 8. The fourth-order valence-electron chi connectivity index (χ4n) is 3.43. The van der Waals surface area contributed by atoms with Crippen LogP contribution in [0.4, 0.5) is 0 Å². The molecule has 0 saturated heterocycles. The van der Waals surface area contributed by atoms with Crippen LogP contribution >= 0.6 is 0 Å². The summed E-state index contributed by atoms with van der Waals surface area (Å²) in [5.41, 5.74) is 2.32. The number of carbonyl (C=O) groups excluding carboxylic acids is 1. The minimum absolute atomic E-state index is 0.000140. The van der Waals surface area contributed by atoms with E-state index in [4.69, 9.17) is 9.47 Å². The van der Waals surface area contributed by atoms with Gasteiger partial charge in [-0.15, -0.1) is 0 Å². The molecule has 2 aromatic rings. The number of hydrogen-bond acceptors (Lipinski definition) is 3. The summed E-state index contributed by atoms with van der Waals surface area (Å²) in [6.45, 7) is 0.539. The van der Waals surface area contributed by atoms with E-state index >= 15 is 0 Å². The average molecular weight is 364 g/mol. The van der Waals surface area contributed by atoms with E-state index < -0.39 is 0 Å². The molecule has 2 atom stereocenters. The van der Waals surface area contributed by atoms with Crippen molar-refractivity contribution in [1.82, 2.24) is 0 Å². The van der Waals surface area contributed by atoms with Gasteiger partial charge in [0.2, 0.25) is 0 Å². The lowest BCUT2D eigenvalue weighted by molar-refractivity contribution is -0.160. The summed E-state index contributed by atoms with van der Waals surface area (Å²) >= 11 is 0. The first-order chi connectivity index (χ1) is 13.3. The van der Waals surface area contributed by atoms with Gasteiger partial charge in [-0.1, -0.05) is 79.2 Å². The van der Waals surface area contributed by atoms with Gasteiger partial charge in [0.05, 0.1) is 12.7 Å². The quantitative estimate of drug-likeness (QED) is 0.604. The van der Waals surface area contributed by atoms with Crippen molar-refractivity contribution >= 4 is 12.0 Å². The summed E-state index contributed by atoms with van der Waals surface area (Å²) in [6.07, 6.45) is 9.18. The highest BCUT2D eigenvalue weighted by Crippen LogP contribution is 2.24. The normalized spacial score (nSPS) is 19.9. The summed E-state index contributed by atoms with van der Waals surface area (Å²) < 4.78 is 11.8. The van der Waals surface area contributed by atoms with Crippen LogP contribution in [0.3, 0.4) is 0 Å². The predicted octanol–water partition coefficient (Wildman–Crippen LogP) is 5.20. The zero-order chi connectivity index (χ0) is 18.7. The Kier molecular flexibility index (Phi) is 7.67. The molecule has 1 saturated carbocycles. The Bertz CT molecular complexity index is 709. The molecule has 0 heterocycles. The first kappa shape index (κ1) is 19.4. The molecule has 27 heavy (non-hydrogen) atoms. The van der Waals surface area contributed by atoms with Crippen molar-refractivity contribution in [3.63, 3.8) is 0 Å². The molecule has 142 valence electrons. The Labute approximate surface area is 162 Å². The van der Waals surface area contributed by atoms with Crippen LogP contribution in [0.25, 0.3) is 6.08 Å². The van der Waals surface area contributed by atoms with Crippen molar-refractivity contribution in [3.05, 3.63) is 77.9 Å². The topological polar surface area (TPSA) is 35.5 Å². The Morgan fingerprint density at radius 2 is 1.59 bits per heavy atom. The van der Waals surface area contributed by atoms with Gasteiger partial charge >= 0.3 is 5.97 Å². The van der Waals surface area contributed by atoms with Crippen LogP contribution in [0, 0.1) is 0 Å². The van der Waals surface area contributed by atoms with Gasteiger partial charge in [0, 0.05) is 6.42 Å². The second-order valence-corrected chi connectivity index (χ2v) is 6.98. The van der Waals surface area contributed by atoms with Crippen molar-refractivity contribution in [2.75, 3.05) is 6.61 Å². The van der Waals surface area contributed by atoms with Gasteiger partial charge in [0.15, 0.2) is 0 Å². The van der Waals surface area contributed by atoms with Crippen molar-refractivity contribution in [2.24, 2.45) is 0 Å². The van der Waals surface area contributed by atoms with E-state index in [1.807, 2.05) is 54.6 Å². The summed E-state index contributed by atoms with van der Waals surface area (Å²) in [5.74, 6) is -0.126. The Morgan fingerprint density at radius 3 is 2.33 bits per heavy atom. The van der Waals surface area contributed by atoms with Gasteiger partial charge in [-0.3, -0.25) is 4.79 Å². The third-order valence-electron chi connectivity index (χ3n) is 4.90. The molecular formula is C24H28O3. The molecule has 0 aromatic heterocycles. The molecule has 3 rings (SSSR count). The predicted molar refractivity (Wildman–Crippen MR) is 108 cm³/mol. The van der Waals surface area contributed by atoms with Crippen LogP contribution in [0.5, 0.6) is 0 Å². The van der Waals surface area contributed by atoms with Crippen LogP contribution in [0.15, 0.2) is 66.7 Å². The first-order valence-electron chi connectivity index (χ1n) is 9.88. The van der Waals surface area contributed by atoms with Gasteiger partial charge in [0.1, 0.15) is 6.10 Å². The molecule has 0 radical (unpaired) electrons. The van der Waals surface area contributed by atoms with Crippen LogP contribution in [0.2, 0.25) is 0 Å². The van der Waals surface area contributed by atoms with Gasteiger partial charge < -0.3 is 9.47 Å². The van der Waals surface area contributed by atoms with E-state index in [9.17, 15) is 4.79 Å². The van der Waals surface area contributed by atoms with Crippen molar-refractivity contribution in [3.8, 4) is 0 Å². The fourth-order valence-corrected chi connectivity index (χ4v) is 3.43. The molecular weight excluding hydrogens is 336 g/mol. The SMILES string of the molecule is O=C(CCc1ccccc1)O[C@H]1CCCC[C@@H]1OC/C=C/c1ccccc1. The zero-order valence-electron chi connectivity index (χ0n) is 15.8. The summed E-state index contributed by atoms with van der Waals surface area (Å²) in [5, 5.41) is 0. The van der Waals surface area contributed by atoms with Gasteiger partial charge in [-0.05, 0) is 36.8 Å². The van der Waals surface area contributed by atoms with E-state index in [1.165, 1.54) is 0 Å². The summed E-state index contributed by atoms with van der Waals surface area (Å²) in [4.78, 5) is 12.3. The van der Waals surface area contributed by atoms with Crippen molar-refractivity contribution in [1.29, 1.82) is 0 Å². The smallest absolute Gasteiger partial charge is 0.306 e. The highest BCUT2D eigenvalue weighted by Gasteiger charge is 2.28. The molecule has 3 heteroatoms. The molecule has 3 nitrogen and oxygen atoms in total. The molecule has 0 aliphatic heterocycles. The number of benzene rings is 2. The van der Waals surface area contributed by atoms with E-state index in [0.29, 0.717) is 13.0 Å². The Balaban J connectivity index is 1.43.